The van der Waals surface area contributed by atoms with Crippen LogP contribution in [0.3, 0.4) is 0 Å². The van der Waals surface area contributed by atoms with Crippen LogP contribution in [0.25, 0.3) is 11.0 Å². The number of para-hydroxylation sites is 1. The van der Waals surface area contributed by atoms with E-state index in [0.717, 1.165) is 5.56 Å². The highest BCUT2D eigenvalue weighted by atomic mass is 16.5. The predicted molar refractivity (Wildman–Crippen MR) is 150 cm³/mol. The number of ketones is 1. The van der Waals surface area contributed by atoms with E-state index in [-0.39, 0.29) is 23.2 Å². The minimum Gasteiger partial charge on any atom is -0.465 e. The molecule has 0 saturated carbocycles. The molecule has 6 nitrogen and oxygen atoms in total. The third-order valence-electron chi connectivity index (χ3n) is 7.03. The molecular weight excluding hydrogens is 478 g/mol. The summed E-state index contributed by atoms with van der Waals surface area (Å²) in [6.07, 6.45) is 0.669. The lowest BCUT2D eigenvalue weighted by Gasteiger charge is -2.32. The van der Waals surface area contributed by atoms with Crippen molar-refractivity contribution in [2.75, 3.05) is 6.61 Å². The van der Waals surface area contributed by atoms with Gasteiger partial charge in [-0.1, -0.05) is 64.1 Å². The fourth-order valence-corrected chi connectivity index (χ4v) is 5.10. The number of allylic oxidation sites excluding steroid dienone is 2. The van der Waals surface area contributed by atoms with Crippen molar-refractivity contribution in [3.05, 3.63) is 92.5 Å². The summed E-state index contributed by atoms with van der Waals surface area (Å²) in [5, 5.41) is 0.396. The lowest BCUT2D eigenvalue weighted by atomic mass is 9.73. The number of carbonyl (C=O) groups excluding carboxylic acids is 2. The van der Waals surface area contributed by atoms with Crippen molar-refractivity contribution < 1.29 is 18.7 Å². The molecule has 4 rings (SSSR count). The van der Waals surface area contributed by atoms with E-state index in [1.54, 1.807) is 32.9 Å². The van der Waals surface area contributed by atoms with Crippen molar-refractivity contribution in [2.45, 2.75) is 66.2 Å². The molecule has 1 aliphatic heterocycles. The van der Waals surface area contributed by atoms with Gasteiger partial charge in [0.25, 0.3) is 0 Å². The summed E-state index contributed by atoms with van der Waals surface area (Å²) in [7, 11) is 0. The molecule has 0 radical (unpaired) electrons. The normalized spacial score (nSPS) is 17.9. The van der Waals surface area contributed by atoms with Crippen LogP contribution < -0.4 is 5.43 Å². The Morgan fingerprint density at radius 1 is 1.03 bits per heavy atom. The first kappa shape index (κ1) is 27.2. The van der Waals surface area contributed by atoms with Gasteiger partial charge in [-0.2, -0.15) is 0 Å². The van der Waals surface area contributed by atoms with Gasteiger partial charge in [0.15, 0.2) is 11.2 Å². The second-order valence-corrected chi connectivity index (χ2v) is 11.0. The topological polar surface area (TPSA) is 85.9 Å². The molecule has 198 valence electrons. The number of aryl methyl sites for hydroxylation is 1. The van der Waals surface area contributed by atoms with Gasteiger partial charge in [0.2, 0.25) is 0 Å². The van der Waals surface area contributed by atoms with Gasteiger partial charge >= 0.3 is 5.97 Å². The van der Waals surface area contributed by atoms with Crippen LogP contribution in [-0.4, -0.2) is 24.1 Å². The maximum absolute atomic E-state index is 14.1. The van der Waals surface area contributed by atoms with Crippen LogP contribution in [0.5, 0.6) is 0 Å². The maximum Gasteiger partial charge on any atom is 0.315 e. The molecule has 3 aromatic rings. The highest BCUT2D eigenvalue weighted by Crippen LogP contribution is 2.43. The number of esters is 1. The number of nitrogens with zero attached hydrogens (tertiary/aromatic N) is 1. The van der Waals surface area contributed by atoms with Crippen molar-refractivity contribution in [3.8, 4) is 0 Å². The number of carbonyl (C=O) groups is 2. The van der Waals surface area contributed by atoms with Crippen LogP contribution in [0, 0.1) is 12.8 Å². The Labute approximate surface area is 223 Å². The molecule has 6 heteroatoms. The van der Waals surface area contributed by atoms with E-state index in [4.69, 9.17) is 9.15 Å². The zero-order valence-electron chi connectivity index (χ0n) is 23.2. The van der Waals surface area contributed by atoms with Crippen molar-refractivity contribution in [1.82, 2.24) is 0 Å². The van der Waals surface area contributed by atoms with E-state index in [9.17, 15) is 14.4 Å². The fourth-order valence-electron chi connectivity index (χ4n) is 5.10. The zero-order chi connectivity index (χ0) is 27.8. The van der Waals surface area contributed by atoms with Crippen molar-refractivity contribution in [3.63, 3.8) is 0 Å². The molecule has 0 bridgehead atoms. The van der Waals surface area contributed by atoms with E-state index in [0.29, 0.717) is 51.3 Å². The number of fused-ring (bicyclic) bond motifs is 1. The van der Waals surface area contributed by atoms with Crippen molar-refractivity contribution in [1.29, 1.82) is 0 Å². The van der Waals surface area contributed by atoms with E-state index in [2.05, 4.69) is 25.8 Å². The van der Waals surface area contributed by atoms with Crippen LogP contribution in [-0.2, 0) is 14.9 Å². The Morgan fingerprint density at radius 2 is 1.71 bits per heavy atom. The summed E-state index contributed by atoms with van der Waals surface area (Å²) in [5.74, 6) is -1.79. The Morgan fingerprint density at radius 3 is 2.34 bits per heavy atom. The van der Waals surface area contributed by atoms with Crippen LogP contribution >= 0.6 is 0 Å². The quantitative estimate of drug-likeness (QED) is 0.271. The Hall–Kier alpha value is -3.80. The number of ether oxygens (including phenoxy) is 1. The average molecular weight is 514 g/mol. The first-order valence-electron chi connectivity index (χ1n) is 13.0. The molecule has 0 saturated heterocycles. The highest BCUT2D eigenvalue weighted by Gasteiger charge is 2.43. The number of hydrogen-bond donors (Lipinski definition) is 0. The molecule has 2 unspecified atom stereocenters. The molecule has 38 heavy (non-hydrogen) atoms. The molecule has 2 aromatic carbocycles. The summed E-state index contributed by atoms with van der Waals surface area (Å²) < 4.78 is 11.7. The minimum absolute atomic E-state index is 0.0575. The number of Topliss-reactive ketones (excluding diaryl/α,β-unsaturated/α-hetero) is 1. The predicted octanol–water partition coefficient (Wildman–Crippen LogP) is 6.68. The van der Waals surface area contributed by atoms with Crippen LogP contribution in [0.1, 0.15) is 81.1 Å². The lowest BCUT2D eigenvalue weighted by Crippen LogP contribution is -2.36. The van der Waals surface area contributed by atoms with E-state index in [1.807, 2.05) is 37.3 Å². The largest absolute Gasteiger partial charge is 0.465 e. The van der Waals surface area contributed by atoms with E-state index >= 15 is 0 Å². The molecule has 2 heterocycles. The number of benzene rings is 2. The van der Waals surface area contributed by atoms with Crippen molar-refractivity contribution in [2.24, 2.45) is 10.9 Å². The third kappa shape index (κ3) is 5.13. The smallest absolute Gasteiger partial charge is 0.315 e. The standard InChI is InChI=1S/C32H35NO5/c1-8-16-37-31(36)27-20(4)33-19(3)26(29(35)21-12-14-22(15-13-21)32(5,6)7)28(27)24-11-9-10-23-25(34)17-18(2)38-30(23)24/h9-15,17,27-28H,8,16H2,1-7H3. The number of hydrogen-bond acceptors (Lipinski definition) is 6. The Kier molecular flexibility index (Phi) is 7.54. The Bertz CT molecular complexity index is 1520. The summed E-state index contributed by atoms with van der Waals surface area (Å²) in [4.78, 5) is 45.1. The van der Waals surface area contributed by atoms with Gasteiger partial charge < -0.3 is 9.15 Å². The van der Waals surface area contributed by atoms with Crippen LogP contribution in [0.2, 0.25) is 0 Å². The summed E-state index contributed by atoms with van der Waals surface area (Å²) in [6, 6.07) is 14.3. The van der Waals surface area contributed by atoms with E-state index < -0.39 is 17.8 Å². The van der Waals surface area contributed by atoms with Gasteiger partial charge in [0, 0.05) is 40.1 Å². The third-order valence-corrected chi connectivity index (χ3v) is 7.03. The van der Waals surface area contributed by atoms with Gasteiger partial charge in [0.05, 0.1) is 12.0 Å². The van der Waals surface area contributed by atoms with E-state index in [1.165, 1.54) is 6.07 Å². The van der Waals surface area contributed by atoms with Gasteiger partial charge in [0.1, 0.15) is 17.3 Å². The lowest BCUT2D eigenvalue weighted by molar-refractivity contribution is -0.146. The molecule has 2 atom stereocenters. The summed E-state index contributed by atoms with van der Waals surface area (Å²) >= 11 is 0. The monoisotopic (exact) mass is 513 g/mol. The maximum atomic E-state index is 14.1. The molecule has 0 aliphatic carbocycles. The highest BCUT2D eigenvalue weighted by molar-refractivity contribution is 6.14. The van der Waals surface area contributed by atoms with Crippen molar-refractivity contribution >= 4 is 28.4 Å². The van der Waals surface area contributed by atoms with Crippen LogP contribution in [0.15, 0.2) is 74.0 Å². The SMILES string of the molecule is CCCOC(=O)C1C(C)=NC(C)=C(C(=O)c2ccc(C(C)(C)C)cc2)C1c1cccc2c(=O)cc(C)oc12. The number of aliphatic imine (C=N–C) groups is 1. The second-order valence-electron chi connectivity index (χ2n) is 11.0. The summed E-state index contributed by atoms with van der Waals surface area (Å²) in [5.41, 5.74) is 3.82. The van der Waals surface area contributed by atoms with Gasteiger partial charge in [-0.15, -0.1) is 0 Å². The minimum atomic E-state index is -0.838. The second kappa shape index (κ2) is 10.5. The first-order valence-corrected chi connectivity index (χ1v) is 13.0. The van der Waals surface area contributed by atoms with Gasteiger partial charge in [-0.3, -0.25) is 19.4 Å². The first-order chi connectivity index (χ1) is 17.9. The molecule has 1 aromatic heterocycles. The molecule has 0 amide bonds. The zero-order valence-corrected chi connectivity index (χ0v) is 23.2. The molecule has 0 spiro atoms. The number of rotatable bonds is 6. The molecule has 0 N–H and O–H groups in total. The molecule has 1 aliphatic rings. The molecular formula is C32H35NO5. The van der Waals surface area contributed by atoms with Gasteiger partial charge in [-0.05, 0) is 44.2 Å². The fraction of sp³-hybridized carbons (Fsp3) is 0.375. The average Bonchev–Trinajstić information content (AvgIpc) is 2.85. The van der Waals surface area contributed by atoms with Gasteiger partial charge in [-0.25, -0.2) is 0 Å². The van der Waals surface area contributed by atoms with Crippen LogP contribution in [0.4, 0.5) is 0 Å². The summed E-state index contributed by atoms with van der Waals surface area (Å²) in [6.45, 7) is 13.8. The molecule has 0 fully saturated rings. The Balaban J connectivity index is 1.95.